The maximum Gasteiger partial charge on any atom is 0.267 e. The fourth-order valence-electron chi connectivity index (χ4n) is 2.44. The van der Waals surface area contributed by atoms with Crippen LogP contribution in [0.3, 0.4) is 0 Å². The van der Waals surface area contributed by atoms with Gasteiger partial charge in [-0.2, -0.15) is 0 Å². The molecule has 23 heavy (non-hydrogen) atoms. The van der Waals surface area contributed by atoms with Crippen LogP contribution in [0.4, 0.5) is 0 Å². The smallest absolute Gasteiger partial charge is 0.267 e. The predicted molar refractivity (Wildman–Crippen MR) is 92.7 cm³/mol. The highest BCUT2D eigenvalue weighted by Gasteiger charge is 2.13. The van der Waals surface area contributed by atoms with Gasteiger partial charge < -0.3 is 14.5 Å². The van der Waals surface area contributed by atoms with Crippen molar-refractivity contribution in [2.45, 2.75) is 38.4 Å². The van der Waals surface area contributed by atoms with E-state index >= 15 is 0 Å². The number of aryl methyl sites for hydroxylation is 2. The lowest BCUT2D eigenvalue weighted by atomic mass is 10.2. The molecule has 0 unspecified atom stereocenters. The maximum atomic E-state index is 12.0. The Morgan fingerprint density at radius 2 is 2.17 bits per heavy atom. The lowest BCUT2D eigenvalue weighted by Gasteiger charge is -2.11. The lowest BCUT2D eigenvalue weighted by molar-refractivity contribution is 0.0945. The summed E-state index contributed by atoms with van der Waals surface area (Å²) < 4.78 is 4.01. The summed E-state index contributed by atoms with van der Waals surface area (Å²) in [5.41, 5.74) is 0.678. The largest absolute Gasteiger partial charge is 0.351 e. The number of amides is 1. The molecule has 0 aromatic carbocycles. The zero-order valence-electron chi connectivity index (χ0n) is 14.2. The van der Waals surface area contributed by atoms with Crippen molar-refractivity contribution >= 4 is 17.7 Å². The highest BCUT2D eigenvalue weighted by molar-refractivity contribution is 7.98. The summed E-state index contributed by atoms with van der Waals surface area (Å²) in [5.74, 6) is 1.51. The van der Waals surface area contributed by atoms with Crippen LogP contribution in [0.5, 0.6) is 0 Å². The molecule has 0 spiro atoms. The summed E-state index contributed by atoms with van der Waals surface area (Å²) in [7, 11) is 1.87. The van der Waals surface area contributed by atoms with Crippen LogP contribution in [-0.2, 0) is 20.0 Å². The van der Waals surface area contributed by atoms with Crippen LogP contribution in [0.15, 0.2) is 23.5 Å². The minimum atomic E-state index is -0.0362. The van der Waals surface area contributed by atoms with Crippen molar-refractivity contribution in [3.63, 3.8) is 0 Å². The van der Waals surface area contributed by atoms with Gasteiger partial charge in [-0.05, 0) is 30.7 Å². The van der Waals surface area contributed by atoms with E-state index in [0.29, 0.717) is 18.2 Å². The Morgan fingerprint density at radius 3 is 2.78 bits per heavy atom. The third-order valence-corrected chi connectivity index (χ3v) is 4.23. The molecule has 2 rings (SSSR count). The third kappa shape index (κ3) is 4.60. The number of thioether (sulfide) groups is 1. The first-order chi connectivity index (χ1) is 11.0. The number of nitrogens with one attached hydrogen (secondary N) is 1. The van der Waals surface area contributed by atoms with Gasteiger partial charge in [0.25, 0.3) is 5.91 Å². The Bertz CT molecular complexity index is 647. The van der Waals surface area contributed by atoms with Crippen molar-refractivity contribution < 1.29 is 4.79 Å². The van der Waals surface area contributed by atoms with Gasteiger partial charge in [-0.15, -0.1) is 10.2 Å². The Kier molecular flexibility index (Phi) is 6.27. The standard InChI is InChI=1S/C16H25N5OS/c1-12(2)11-21-14(18-19-16(21)23-4)8-5-9-17-15(22)13-7-6-10-20(13)3/h6-7,10,12H,5,8-9,11H2,1-4H3,(H,17,22). The highest BCUT2D eigenvalue weighted by Crippen LogP contribution is 2.16. The van der Waals surface area contributed by atoms with E-state index in [2.05, 4.69) is 33.9 Å². The van der Waals surface area contributed by atoms with Gasteiger partial charge in [-0.3, -0.25) is 4.79 Å². The molecular formula is C16H25N5OS. The van der Waals surface area contributed by atoms with Gasteiger partial charge in [0.15, 0.2) is 5.16 Å². The minimum absolute atomic E-state index is 0.0362. The van der Waals surface area contributed by atoms with E-state index in [1.165, 1.54) is 0 Å². The van der Waals surface area contributed by atoms with Crippen LogP contribution in [-0.4, -0.2) is 38.0 Å². The van der Waals surface area contributed by atoms with E-state index in [4.69, 9.17) is 0 Å². The SMILES string of the molecule is CSc1nnc(CCCNC(=O)c2cccn2C)n1CC(C)C. The minimum Gasteiger partial charge on any atom is -0.351 e. The molecule has 0 aliphatic carbocycles. The molecule has 1 amide bonds. The molecule has 2 aromatic heterocycles. The van der Waals surface area contributed by atoms with E-state index in [1.54, 1.807) is 11.8 Å². The Morgan fingerprint density at radius 1 is 1.39 bits per heavy atom. The summed E-state index contributed by atoms with van der Waals surface area (Å²) in [6.45, 7) is 5.93. The molecule has 7 heteroatoms. The maximum absolute atomic E-state index is 12.0. The molecule has 1 N–H and O–H groups in total. The Hall–Kier alpha value is -1.76. The summed E-state index contributed by atoms with van der Waals surface area (Å²) in [4.78, 5) is 12.0. The molecule has 0 aliphatic heterocycles. The van der Waals surface area contributed by atoms with Crippen molar-refractivity contribution in [1.29, 1.82) is 0 Å². The number of carbonyl (C=O) groups is 1. The molecule has 2 heterocycles. The van der Waals surface area contributed by atoms with E-state index in [1.807, 2.05) is 36.2 Å². The summed E-state index contributed by atoms with van der Waals surface area (Å²) in [6.07, 6.45) is 5.55. The van der Waals surface area contributed by atoms with Crippen LogP contribution >= 0.6 is 11.8 Å². The summed E-state index contributed by atoms with van der Waals surface area (Å²) in [5, 5.41) is 12.4. The van der Waals surface area contributed by atoms with Crippen molar-refractivity contribution in [1.82, 2.24) is 24.6 Å². The molecule has 0 bridgehead atoms. The van der Waals surface area contributed by atoms with Gasteiger partial charge in [0, 0.05) is 32.8 Å². The van der Waals surface area contributed by atoms with Gasteiger partial charge in [0.05, 0.1) is 0 Å². The second-order valence-electron chi connectivity index (χ2n) is 5.97. The van der Waals surface area contributed by atoms with Crippen molar-refractivity contribution in [2.24, 2.45) is 13.0 Å². The van der Waals surface area contributed by atoms with Crippen LogP contribution in [0.2, 0.25) is 0 Å². The van der Waals surface area contributed by atoms with E-state index in [-0.39, 0.29) is 5.91 Å². The van der Waals surface area contributed by atoms with Gasteiger partial charge in [-0.25, -0.2) is 0 Å². The van der Waals surface area contributed by atoms with Crippen LogP contribution < -0.4 is 5.32 Å². The van der Waals surface area contributed by atoms with Crippen molar-refractivity contribution in [3.05, 3.63) is 29.8 Å². The Labute approximate surface area is 141 Å². The zero-order chi connectivity index (χ0) is 16.8. The predicted octanol–water partition coefficient (Wildman–Crippen LogP) is 2.36. The van der Waals surface area contributed by atoms with Crippen molar-refractivity contribution in [2.75, 3.05) is 12.8 Å². The highest BCUT2D eigenvalue weighted by atomic mass is 32.2. The molecule has 6 nitrogen and oxygen atoms in total. The monoisotopic (exact) mass is 335 g/mol. The number of hydrogen-bond donors (Lipinski definition) is 1. The van der Waals surface area contributed by atoms with Gasteiger partial charge in [0.2, 0.25) is 0 Å². The third-order valence-electron chi connectivity index (χ3n) is 3.56. The van der Waals surface area contributed by atoms with Gasteiger partial charge in [-0.1, -0.05) is 25.6 Å². The average molecular weight is 335 g/mol. The first-order valence-corrected chi connectivity index (χ1v) is 9.11. The second-order valence-corrected chi connectivity index (χ2v) is 6.74. The number of rotatable bonds is 8. The molecule has 126 valence electrons. The van der Waals surface area contributed by atoms with Gasteiger partial charge >= 0.3 is 0 Å². The van der Waals surface area contributed by atoms with E-state index < -0.39 is 0 Å². The van der Waals surface area contributed by atoms with Crippen LogP contribution in [0.1, 0.15) is 36.6 Å². The number of hydrogen-bond acceptors (Lipinski definition) is 4. The van der Waals surface area contributed by atoms with Crippen molar-refractivity contribution in [3.8, 4) is 0 Å². The topological polar surface area (TPSA) is 64.7 Å². The van der Waals surface area contributed by atoms with Gasteiger partial charge in [0.1, 0.15) is 11.5 Å². The van der Waals surface area contributed by atoms with Crippen LogP contribution in [0.25, 0.3) is 0 Å². The lowest BCUT2D eigenvalue weighted by Crippen LogP contribution is -2.26. The fraction of sp³-hybridized carbons (Fsp3) is 0.562. The quantitative estimate of drug-likeness (QED) is 0.594. The molecule has 0 fully saturated rings. The number of aromatic nitrogens is 4. The van der Waals surface area contributed by atoms with E-state index in [0.717, 1.165) is 30.4 Å². The molecule has 0 saturated carbocycles. The normalized spacial score (nSPS) is 11.2. The first kappa shape index (κ1) is 17.6. The molecule has 2 aromatic rings. The Balaban J connectivity index is 1.86. The summed E-state index contributed by atoms with van der Waals surface area (Å²) >= 11 is 1.62. The van der Waals surface area contributed by atoms with Crippen LogP contribution in [0, 0.1) is 5.92 Å². The first-order valence-electron chi connectivity index (χ1n) is 7.88. The van der Waals surface area contributed by atoms with E-state index in [9.17, 15) is 4.79 Å². The fourth-order valence-corrected chi connectivity index (χ4v) is 2.96. The zero-order valence-corrected chi connectivity index (χ0v) is 15.1. The molecular weight excluding hydrogens is 310 g/mol. The molecule has 0 saturated heterocycles. The summed E-state index contributed by atoms with van der Waals surface area (Å²) in [6, 6.07) is 3.69. The molecule has 0 radical (unpaired) electrons. The molecule has 0 aliphatic rings. The second kappa shape index (κ2) is 8.19. The number of carbonyl (C=O) groups excluding carboxylic acids is 1. The molecule has 0 atom stereocenters. The average Bonchev–Trinajstić information content (AvgIpc) is 3.09. The number of nitrogens with zero attached hydrogens (tertiary/aromatic N) is 4.